The lowest BCUT2D eigenvalue weighted by Crippen LogP contribution is -2.01. The Kier molecular flexibility index (Phi) is 3.53. The summed E-state index contributed by atoms with van der Waals surface area (Å²) < 4.78 is 1.90. The minimum absolute atomic E-state index is 0.667. The van der Waals surface area contributed by atoms with Gasteiger partial charge < -0.3 is 0 Å². The van der Waals surface area contributed by atoms with E-state index >= 15 is 0 Å². The van der Waals surface area contributed by atoms with Gasteiger partial charge >= 0.3 is 0 Å². The van der Waals surface area contributed by atoms with E-state index in [1.807, 2.05) is 65.3 Å². The van der Waals surface area contributed by atoms with Gasteiger partial charge in [0.15, 0.2) is 0 Å². The molecule has 24 heavy (non-hydrogen) atoms. The number of benzene rings is 3. The monoisotopic (exact) mass is 310 g/mol. The SMILES string of the molecule is N#Cc1ccccc1-c1ccc(Cn2nnc3ccccc32)cc1. The van der Waals surface area contributed by atoms with E-state index in [9.17, 15) is 5.26 Å². The third kappa shape index (κ3) is 2.53. The Labute approximate surface area is 139 Å². The molecule has 4 heteroatoms. The summed E-state index contributed by atoms with van der Waals surface area (Å²) in [6.07, 6.45) is 0. The molecule has 0 atom stereocenters. The first kappa shape index (κ1) is 14.2. The Morgan fingerprint density at radius 1 is 0.875 bits per heavy atom. The smallest absolute Gasteiger partial charge is 0.113 e. The molecule has 0 fully saturated rings. The fourth-order valence-corrected chi connectivity index (χ4v) is 2.83. The summed E-state index contributed by atoms with van der Waals surface area (Å²) in [5, 5.41) is 17.6. The molecule has 0 bridgehead atoms. The predicted molar refractivity (Wildman–Crippen MR) is 93.2 cm³/mol. The zero-order chi connectivity index (χ0) is 16.4. The molecule has 0 radical (unpaired) electrons. The molecule has 0 aliphatic carbocycles. The van der Waals surface area contributed by atoms with Gasteiger partial charge in [-0.2, -0.15) is 5.26 Å². The van der Waals surface area contributed by atoms with Crippen LogP contribution in [0.25, 0.3) is 22.2 Å². The number of hydrogen-bond acceptors (Lipinski definition) is 3. The van der Waals surface area contributed by atoms with Crippen molar-refractivity contribution in [2.45, 2.75) is 6.54 Å². The number of nitriles is 1. The maximum atomic E-state index is 9.24. The van der Waals surface area contributed by atoms with Crippen LogP contribution in [0, 0.1) is 11.3 Å². The van der Waals surface area contributed by atoms with Gasteiger partial charge in [0.25, 0.3) is 0 Å². The summed E-state index contributed by atoms with van der Waals surface area (Å²) >= 11 is 0. The Bertz CT molecular complexity index is 1040. The van der Waals surface area contributed by atoms with Crippen molar-refractivity contribution >= 4 is 11.0 Å². The van der Waals surface area contributed by atoms with Crippen LogP contribution in [-0.2, 0) is 6.54 Å². The molecule has 0 N–H and O–H groups in total. The molecule has 4 aromatic rings. The van der Waals surface area contributed by atoms with E-state index in [-0.39, 0.29) is 0 Å². The highest BCUT2D eigenvalue weighted by atomic mass is 15.4. The van der Waals surface area contributed by atoms with Gasteiger partial charge in [-0.15, -0.1) is 5.10 Å². The molecule has 3 aromatic carbocycles. The molecule has 114 valence electrons. The van der Waals surface area contributed by atoms with Gasteiger partial charge in [-0.1, -0.05) is 59.8 Å². The molecule has 4 rings (SSSR count). The summed E-state index contributed by atoms with van der Waals surface area (Å²) in [5.74, 6) is 0. The van der Waals surface area contributed by atoms with Crippen molar-refractivity contribution in [3.05, 3.63) is 83.9 Å². The molecule has 4 nitrogen and oxygen atoms in total. The molecule has 1 aromatic heterocycles. The minimum Gasteiger partial charge on any atom is -0.240 e. The second-order valence-electron chi connectivity index (χ2n) is 5.59. The highest BCUT2D eigenvalue weighted by Crippen LogP contribution is 2.24. The van der Waals surface area contributed by atoms with Gasteiger partial charge in [0, 0.05) is 0 Å². The first-order chi connectivity index (χ1) is 11.8. The summed E-state index contributed by atoms with van der Waals surface area (Å²) in [5.41, 5.74) is 5.75. The van der Waals surface area contributed by atoms with Gasteiger partial charge in [-0.05, 0) is 34.9 Å². The largest absolute Gasteiger partial charge is 0.240 e. The number of hydrogen-bond donors (Lipinski definition) is 0. The Morgan fingerprint density at radius 2 is 1.62 bits per heavy atom. The number of nitrogens with zero attached hydrogens (tertiary/aromatic N) is 4. The summed E-state index contributed by atoms with van der Waals surface area (Å²) in [6, 6.07) is 26.0. The van der Waals surface area contributed by atoms with Gasteiger partial charge in [-0.3, -0.25) is 0 Å². The molecule has 0 saturated carbocycles. The second-order valence-corrected chi connectivity index (χ2v) is 5.59. The van der Waals surface area contributed by atoms with Crippen LogP contribution >= 0.6 is 0 Å². The van der Waals surface area contributed by atoms with E-state index in [2.05, 4.69) is 28.5 Å². The standard InChI is InChI=1S/C20H14N4/c21-13-17-5-1-2-6-18(17)16-11-9-15(10-12-16)14-24-20-8-4-3-7-19(20)22-23-24/h1-12H,14H2. The van der Waals surface area contributed by atoms with Crippen LogP contribution < -0.4 is 0 Å². The van der Waals surface area contributed by atoms with Crippen LogP contribution in [0.5, 0.6) is 0 Å². The number of aromatic nitrogens is 3. The zero-order valence-electron chi connectivity index (χ0n) is 12.9. The average Bonchev–Trinajstić information content (AvgIpc) is 3.05. The Morgan fingerprint density at radius 3 is 2.46 bits per heavy atom. The molecular formula is C20H14N4. The van der Waals surface area contributed by atoms with Gasteiger partial charge in [0.1, 0.15) is 5.52 Å². The average molecular weight is 310 g/mol. The van der Waals surface area contributed by atoms with Crippen molar-refractivity contribution in [3.63, 3.8) is 0 Å². The van der Waals surface area contributed by atoms with Crippen molar-refractivity contribution in [1.82, 2.24) is 15.0 Å². The van der Waals surface area contributed by atoms with Crippen LogP contribution in [0.3, 0.4) is 0 Å². The summed E-state index contributed by atoms with van der Waals surface area (Å²) in [7, 11) is 0. The van der Waals surface area contributed by atoms with Crippen molar-refractivity contribution in [2.24, 2.45) is 0 Å². The third-order valence-electron chi connectivity index (χ3n) is 4.07. The highest BCUT2D eigenvalue weighted by molar-refractivity contribution is 5.74. The van der Waals surface area contributed by atoms with E-state index < -0.39 is 0 Å². The molecular weight excluding hydrogens is 296 g/mol. The maximum Gasteiger partial charge on any atom is 0.113 e. The van der Waals surface area contributed by atoms with Crippen LogP contribution in [-0.4, -0.2) is 15.0 Å². The van der Waals surface area contributed by atoms with E-state index in [0.29, 0.717) is 12.1 Å². The van der Waals surface area contributed by atoms with Crippen molar-refractivity contribution in [2.75, 3.05) is 0 Å². The highest BCUT2D eigenvalue weighted by Gasteiger charge is 2.06. The number of rotatable bonds is 3. The van der Waals surface area contributed by atoms with Gasteiger partial charge in [0.2, 0.25) is 0 Å². The molecule has 0 aliphatic rings. The minimum atomic E-state index is 0.667. The molecule has 0 spiro atoms. The van der Waals surface area contributed by atoms with Crippen LogP contribution in [0.15, 0.2) is 72.8 Å². The third-order valence-corrected chi connectivity index (χ3v) is 4.07. The molecule has 0 saturated heterocycles. The first-order valence-electron chi connectivity index (χ1n) is 7.72. The van der Waals surface area contributed by atoms with Crippen molar-refractivity contribution in [1.29, 1.82) is 5.26 Å². The van der Waals surface area contributed by atoms with E-state index in [0.717, 1.165) is 27.7 Å². The summed E-state index contributed by atoms with van der Waals surface area (Å²) in [6.45, 7) is 0.667. The fourth-order valence-electron chi connectivity index (χ4n) is 2.83. The van der Waals surface area contributed by atoms with E-state index in [4.69, 9.17) is 0 Å². The van der Waals surface area contributed by atoms with E-state index in [1.165, 1.54) is 0 Å². The molecule has 0 unspecified atom stereocenters. The first-order valence-corrected chi connectivity index (χ1v) is 7.72. The fraction of sp³-hybridized carbons (Fsp3) is 0.0500. The van der Waals surface area contributed by atoms with Gasteiger partial charge in [0.05, 0.1) is 23.7 Å². The zero-order valence-corrected chi connectivity index (χ0v) is 12.9. The second kappa shape index (κ2) is 5.98. The van der Waals surface area contributed by atoms with Crippen LogP contribution in [0.2, 0.25) is 0 Å². The number of para-hydroxylation sites is 1. The Hall–Kier alpha value is -3.45. The predicted octanol–water partition coefficient (Wildman–Crippen LogP) is 4.02. The Balaban J connectivity index is 1.64. The van der Waals surface area contributed by atoms with Crippen LogP contribution in [0.4, 0.5) is 0 Å². The number of fused-ring (bicyclic) bond motifs is 1. The maximum absolute atomic E-state index is 9.24. The lowest BCUT2D eigenvalue weighted by molar-refractivity contribution is 0.670. The van der Waals surface area contributed by atoms with Crippen molar-refractivity contribution in [3.8, 4) is 17.2 Å². The normalized spacial score (nSPS) is 10.6. The van der Waals surface area contributed by atoms with E-state index in [1.54, 1.807) is 0 Å². The topological polar surface area (TPSA) is 54.5 Å². The van der Waals surface area contributed by atoms with Crippen LogP contribution in [0.1, 0.15) is 11.1 Å². The van der Waals surface area contributed by atoms with Crippen molar-refractivity contribution < 1.29 is 0 Å². The summed E-state index contributed by atoms with van der Waals surface area (Å²) in [4.78, 5) is 0. The quantitative estimate of drug-likeness (QED) is 0.574. The molecule has 0 amide bonds. The lowest BCUT2D eigenvalue weighted by atomic mass is 9.99. The molecule has 1 heterocycles. The lowest BCUT2D eigenvalue weighted by Gasteiger charge is -2.07. The van der Waals surface area contributed by atoms with Gasteiger partial charge in [-0.25, -0.2) is 4.68 Å². The molecule has 0 aliphatic heterocycles.